The Morgan fingerprint density at radius 3 is 2.48 bits per heavy atom. The van der Waals surface area contributed by atoms with E-state index in [2.05, 4.69) is 47.1 Å². The molecule has 2 aromatic heterocycles. The van der Waals surface area contributed by atoms with Crippen molar-refractivity contribution in [3.63, 3.8) is 0 Å². The molecule has 0 aliphatic heterocycles. The molecule has 2 N–H and O–H groups in total. The topological polar surface area (TPSA) is 88.8 Å². The van der Waals surface area contributed by atoms with E-state index in [0.29, 0.717) is 5.52 Å². The van der Waals surface area contributed by atoms with Crippen molar-refractivity contribution >= 4 is 35.8 Å². The highest BCUT2D eigenvalue weighted by molar-refractivity contribution is 6.83. The minimum atomic E-state index is -1.38. The second kappa shape index (κ2) is 7.41. The van der Waals surface area contributed by atoms with Gasteiger partial charge >= 0.3 is 0 Å². The number of carboxylic acids is 1. The van der Waals surface area contributed by atoms with Crippen molar-refractivity contribution in [1.82, 2.24) is 9.97 Å². The first kappa shape index (κ1) is 18.6. The van der Waals surface area contributed by atoms with Crippen molar-refractivity contribution in [3.05, 3.63) is 46.4 Å². The molecular formula is C19H21N2O3Si-. The smallest absolute Gasteiger partial charge is 0.272 e. The molecule has 0 atom stereocenters. The molecule has 130 valence electrons. The molecular weight excluding hydrogens is 332 g/mol. The summed E-state index contributed by atoms with van der Waals surface area (Å²) in [5.74, 6) is 2.26. The Kier molecular flexibility index (Phi) is 5.50. The number of carbonyl (C=O) groups is 1. The molecule has 0 fully saturated rings. The van der Waals surface area contributed by atoms with E-state index in [1.165, 1.54) is 6.92 Å². The minimum absolute atomic E-state index is 0.0848. The van der Waals surface area contributed by atoms with Gasteiger partial charge in [0.15, 0.2) is 0 Å². The maximum absolute atomic E-state index is 11.9. The van der Waals surface area contributed by atoms with Gasteiger partial charge in [-0.1, -0.05) is 32.5 Å². The maximum Gasteiger partial charge on any atom is 0.272 e. The van der Waals surface area contributed by atoms with Crippen LogP contribution in [-0.2, 0) is 4.79 Å². The second-order valence-corrected chi connectivity index (χ2v) is 11.5. The van der Waals surface area contributed by atoms with E-state index >= 15 is 0 Å². The van der Waals surface area contributed by atoms with Gasteiger partial charge < -0.3 is 19.9 Å². The molecule has 0 unspecified atom stereocenters. The predicted molar refractivity (Wildman–Crippen MR) is 102 cm³/mol. The third kappa shape index (κ3) is 4.84. The molecule has 1 aromatic carbocycles. The van der Waals surface area contributed by atoms with Crippen LogP contribution in [-0.4, -0.2) is 24.0 Å². The lowest BCUT2D eigenvalue weighted by Gasteiger charge is -2.04. The number of hydrogen-bond acceptors (Lipinski definition) is 3. The number of aliphatic carboxylic acids is 1. The number of nitrogens with one attached hydrogen (secondary N) is 2. The van der Waals surface area contributed by atoms with Crippen LogP contribution in [0.25, 0.3) is 21.8 Å². The Morgan fingerprint density at radius 2 is 1.88 bits per heavy atom. The third-order valence-electron chi connectivity index (χ3n) is 3.40. The van der Waals surface area contributed by atoms with E-state index in [1.54, 1.807) is 6.20 Å². The second-order valence-electron chi connectivity index (χ2n) is 6.71. The number of fused-ring (bicyclic) bond motifs is 3. The fourth-order valence-corrected chi connectivity index (χ4v) is 2.70. The molecule has 6 heteroatoms. The number of carbonyl (C=O) groups excluding carboxylic acids is 1. The first-order chi connectivity index (χ1) is 11.7. The van der Waals surface area contributed by atoms with Crippen molar-refractivity contribution in [1.29, 1.82) is 0 Å². The van der Waals surface area contributed by atoms with E-state index in [-0.39, 0.29) is 12.0 Å². The van der Waals surface area contributed by atoms with E-state index < -0.39 is 14.0 Å². The van der Waals surface area contributed by atoms with Gasteiger partial charge in [-0.05, 0) is 30.7 Å². The summed E-state index contributed by atoms with van der Waals surface area (Å²) < 4.78 is 0. The number of carboxylic acid groups (broad SMARTS) is 1. The van der Waals surface area contributed by atoms with E-state index in [4.69, 9.17) is 0 Å². The fraction of sp³-hybridized carbons (Fsp3) is 0.263. The number of rotatable bonds is 1. The van der Waals surface area contributed by atoms with Crippen molar-refractivity contribution in [2.75, 3.05) is 0 Å². The van der Waals surface area contributed by atoms with Crippen LogP contribution in [0.2, 0.25) is 19.6 Å². The van der Waals surface area contributed by atoms with Crippen LogP contribution in [0, 0.1) is 11.5 Å². The Morgan fingerprint density at radius 1 is 1.20 bits per heavy atom. The number of H-pyrrole nitrogens is 2. The number of benzene rings is 1. The number of aromatic nitrogens is 2. The van der Waals surface area contributed by atoms with Gasteiger partial charge in [0.1, 0.15) is 13.6 Å². The first-order valence-electron chi connectivity index (χ1n) is 8.07. The molecule has 0 radical (unpaired) electrons. The van der Waals surface area contributed by atoms with Crippen LogP contribution >= 0.6 is 0 Å². The zero-order valence-corrected chi connectivity index (χ0v) is 15.8. The lowest BCUT2D eigenvalue weighted by atomic mass is 10.1. The summed E-state index contributed by atoms with van der Waals surface area (Å²) in [6.45, 7) is 8.21. The van der Waals surface area contributed by atoms with E-state index in [0.717, 1.165) is 21.9 Å². The summed E-state index contributed by atoms with van der Waals surface area (Å²) in [5, 5.41) is 11.2. The molecule has 0 spiro atoms. The van der Waals surface area contributed by atoms with Crippen LogP contribution in [0.4, 0.5) is 0 Å². The average Bonchev–Trinajstić information content (AvgIpc) is 3.03. The molecule has 2 heterocycles. The summed E-state index contributed by atoms with van der Waals surface area (Å²) >= 11 is 0. The highest BCUT2D eigenvalue weighted by atomic mass is 28.3. The van der Waals surface area contributed by atoms with Gasteiger partial charge in [-0.2, -0.15) is 0 Å². The minimum Gasteiger partial charge on any atom is -0.550 e. The monoisotopic (exact) mass is 353 g/mol. The number of hydrogen-bond donors (Lipinski definition) is 2. The first-order valence-corrected chi connectivity index (χ1v) is 11.6. The predicted octanol–water partition coefficient (Wildman–Crippen LogP) is 2.38. The van der Waals surface area contributed by atoms with Gasteiger partial charge in [0.05, 0.1) is 0 Å². The van der Waals surface area contributed by atoms with Gasteiger partial charge in [-0.25, -0.2) is 0 Å². The largest absolute Gasteiger partial charge is 0.550 e. The Balaban J connectivity index is 0.000000399. The number of pyridine rings is 1. The van der Waals surface area contributed by atoms with Crippen LogP contribution < -0.4 is 10.7 Å². The summed E-state index contributed by atoms with van der Waals surface area (Å²) in [5.41, 5.74) is 5.74. The molecule has 3 rings (SSSR count). The lowest BCUT2D eigenvalue weighted by molar-refractivity contribution is -0.305. The quantitative estimate of drug-likeness (QED) is 0.520. The van der Waals surface area contributed by atoms with Gasteiger partial charge in [0.25, 0.3) is 5.56 Å². The van der Waals surface area contributed by atoms with Crippen molar-refractivity contribution in [3.8, 4) is 11.5 Å². The van der Waals surface area contributed by atoms with Crippen molar-refractivity contribution in [2.45, 2.75) is 33.0 Å². The molecule has 0 bridgehead atoms. The highest BCUT2D eigenvalue weighted by Crippen LogP contribution is 2.21. The molecule has 3 aromatic rings. The normalized spacial score (nSPS) is 10.7. The van der Waals surface area contributed by atoms with Crippen LogP contribution in [0.5, 0.6) is 0 Å². The SMILES string of the molecule is CCC(=O)[O-].C[Si](C)(C)C#Cc1ccc2[nH]c(=O)c3[nH]ccc3c2c1. The molecule has 0 saturated carbocycles. The van der Waals surface area contributed by atoms with Crippen molar-refractivity contribution in [2.24, 2.45) is 0 Å². The van der Waals surface area contributed by atoms with Crippen LogP contribution in [0.1, 0.15) is 18.9 Å². The van der Waals surface area contributed by atoms with Gasteiger partial charge in [0, 0.05) is 34.0 Å². The fourth-order valence-electron chi connectivity index (χ4n) is 2.18. The standard InChI is InChI=1S/C16H16N2OSi.C3H6O2/c1-20(2,3)9-7-11-4-5-14-13(10-11)12-6-8-17-15(12)16(19)18-14;1-2-3(4)5/h4-6,8,10,17H,1-3H3,(H,18,19);2H2,1H3,(H,4,5)/p-1. The van der Waals surface area contributed by atoms with Crippen molar-refractivity contribution < 1.29 is 9.90 Å². The molecule has 0 amide bonds. The lowest BCUT2D eigenvalue weighted by Crippen LogP contribution is -2.19. The van der Waals surface area contributed by atoms with E-state index in [9.17, 15) is 14.7 Å². The summed E-state index contributed by atoms with van der Waals surface area (Å²) in [6, 6.07) is 7.87. The van der Waals surface area contributed by atoms with E-state index in [1.807, 2.05) is 18.2 Å². The summed E-state index contributed by atoms with van der Waals surface area (Å²) in [6.07, 6.45) is 1.90. The van der Waals surface area contributed by atoms with Crippen LogP contribution in [0.15, 0.2) is 35.3 Å². The van der Waals surface area contributed by atoms with Gasteiger partial charge in [-0.3, -0.25) is 4.79 Å². The Bertz CT molecular complexity index is 1030. The van der Waals surface area contributed by atoms with Crippen LogP contribution in [0.3, 0.4) is 0 Å². The molecule has 25 heavy (non-hydrogen) atoms. The average molecular weight is 353 g/mol. The third-order valence-corrected chi connectivity index (χ3v) is 4.28. The molecule has 0 saturated heterocycles. The Hall–Kier alpha value is -2.78. The van der Waals surface area contributed by atoms with Gasteiger partial charge in [0.2, 0.25) is 0 Å². The molecule has 0 aliphatic rings. The highest BCUT2D eigenvalue weighted by Gasteiger charge is 2.08. The molecule has 0 aliphatic carbocycles. The Labute approximate surface area is 147 Å². The zero-order valence-electron chi connectivity index (χ0n) is 14.8. The van der Waals surface area contributed by atoms with Gasteiger partial charge in [-0.15, -0.1) is 5.54 Å². The zero-order chi connectivity index (χ0) is 18.6. The number of aromatic amines is 2. The maximum atomic E-state index is 11.9. The molecule has 5 nitrogen and oxygen atoms in total. The summed E-state index contributed by atoms with van der Waals surface area (Å²) in [7, 11) is -1.38. The summed E-state index contributed by atoms with van der Waals surface area (Å²) in [4.78, 5) is 27.0.